The summed E-state index contributed by atoms with van der Waals surface area (Å²) in [5.74, 6) is 1.60. The molecule has 0 aliphatic heterocycles. The van der Waals surface area contributed by atoms with Gasteiger partial charge < -0.3 is 0 Å². The molecule has 2 unspecified atom stereocenters. The molecule has 0 heterocycles. The van der Waals surface area contributed by atoms with Crippen LogP contribution in [0.4, 0.5) is 0 Å². The average Bonchev–Trinajstić information content (AvgIpc) is 2.20. The van der Waals surface area contributed by atoms with Crippen LogP contribution in [0.5, 0.6) is 0 Å². The third-order valence-electron chi connectivity index (χ3n) is 3.34. The van der Waals surface area contributed by atoms with Crippen LogP contribution in [-0.2, 0) is 0 Å². The van der Waals surface area contributed by atoms with Gasteiger partial charge in [0.2, 0.25) is 0 Å². The van der Waals surface area contributed by atoms with Crippen molar-refractivity contribution >= 4 is 12.6 Å². The summed E-state index contributed by atoms with van der Waals surface area (Å²) in [7, 11) is 0. The first-order valence-electron chi connectivity index (χ1n) is 5.41. The standard InChI is InChI=1S/C12H18S/c13-12-9-5-4-8-11(12)10-6-2-1-3-7-10/h4-5,8-13H,1-3,6-7H2. The van der Waals surface area contributed by atoms with E-state index in [-0.39, 0.29) is 0 Å². The lowest BCUT2D eigenvalue weighted by Crippen LogP contribution is -2.24. The van der Waals surface area contributed by atoms with E-state index >= 15 is 0 Å². The topological polar surface area (TPSA) is 0 Å². The van der Waals surface area contributed by atoms with Crippen molar-refractivity contribution in [3.05, 3.63) is 24.3 Å². The van der Waals surface area contributed by atoms with E-state index in [0.29, 0.717) is 11.2 Å². The molecule has 0 N–H and O–H groups in total. The number of thiol groups is 1. The summed E-state index contributed by atoms with van der Waals surface area (Å²) < 4.78 is 0. The fourth-order valence-corrected chi connectivity index (χ4v) is 3.01. The van der Waals surface area contributed by atoms with Crippen LogP contribution < -0.4 is 0 Å². The number of hydrogen-bond donors (Lipinski definition) is 1. The Morgan fingerprint density at radius 3 is 2.31 bits per heavy atom. The van der Waals surface area contributed by atoms with E-state index < -0.39 is 0 Å². The van der Waals surface area contributed by atoms with E-state index in [1.54, 1.807) is 0 Å². The lowest BCUT2D eigenvalue weighted by atomic mass is 9.77. The fourth-order valence-electron chi connectivity index (χ4n) is 2.57. The van der Waals surface area contributed by atoms with Gasteiger partial charge in [0.05, 0.1) is 0 Å². The molecule has 2 aliphatic rings. The molecule has 2 aliphatic carbocycles. The van der Waals surface area contributed by atoms with Gasteiger partial charge in [-0.3, -0.25) is 0 Å². The summed E-state index contributed by atoms with van der Waals surface area (Å²) >= 11 is 4.63. The van der Waals surface area contributed by atoms with Crippen molar-refractivity contribution in [2.75, 3.05) is 0 Å². The van der Waals surface area contributed by atoms with Gasteiger partial charge in [0.15, 0.2) is 0 Å². The predicted molar refractivity (Wildman–Crippen MR) is 61.1 cm³/mol. The van der Waals surface area contributed by atoms with Crippen LogP contribution in [0.3, 0.4) is 0 Å². The van der Waals surface area contributed by atoms with Crippen LogP contribution in [-0.4, -0.2) is 5.25 Å². The molecule has 0 spiro atoms. The highest BCUT2D eigenvalue weighted by atomic mass is 32.1. The van der Waals surface area contributed by atoms with Gasteiger partial charge >= 0.3 is 0 Å². The molecule has 0 amide bonds. The second-order valence-corrected chi connectivity index (χ2v) is 4.83. The van der Waals surface area contributed by atoms with Crippen molar-refractivity contribution in [3.8, 4) is 0 Å². The van der Waals surface area contributed by atoms with Gasteiger partial charge in [-0.2, -0.15) is 12.6 Å². The SMILES string of the molecule is SC1C=CC=CC1C1CCCCC1. The van der Waals surface area contributed by atoms with Crippen LogP contribution in [0, 0.1) is 11.8 Å². The zero-order chi connectivity index (χ0) is 9.10. The molecule has 1 saturated carbocycles. The van der Waals surface area contributed by atoms with Crippen LogP contribution in [0.15, 0.2) is 24.3 Å². The summed E-state index contributed by atoms with van der Waals surface area (Å²) in [6, 6.07) is 0. The zero-order valence-electron chi connectivity index (χ0n) is 8.02. The van der Waals surface area contributed by atoms with E-state index in [0.717, 1.165) is 5.92 Å². The maximum Gasteiger partial charge on any atom is 0.0265 e. The van der Waals surface area contributed by atoms with Crippen LogP contribution in [0.1, 0.15) is 32.1 Å². The first-order valence-corrected chi connectivity index (χ1v) is 5.92. The minimum absolute atomic E-state index is 0.466. The Labute approximate surface area is 86.5 Å². The summed E-state index contributed by atoms with van der Waals surface area (Å²) in [6.45, 7) is 0. The van der Waals surface area contributed by atoms with Crippen molar-refractivity contribution < 1.29 is 0 Å². The molecule has 2 rings (SSSR count). The van der Waals surface area contributed by atoms with Crippen LogP contribution in [0.2, 0.25) is 0 Å². The number of hydrogen-bond acceptors (Lipinski definition) is 1. The highest BCUT2D eigenvalue weighted by molar-refractivity contribution is 7.81. The van der Waals surface area contributed by atoms with Crippen molar-refractivity contribution in [1.29, 1.82) is 0 Å². The van der Waals surface area contributed by atoms with Crippen LogP contribution >= 0.6 is 12.6 Å². The van der Waals surface area contributed by atoms with Crippen LogP contribution in [0.25, 0.3) is 0 Å². The van der Waals surface area contributed by atoms with Crippen molar-refractivity contribution in [2.24, 2.45) is 11.8 Å². The Kier molecular flexibility index (Phi) is 3.15. The lowest BCUT2D eigenvalue weighted by molar-refractivity contribution is 0.290. The van der Waals surface area contributed by atoms with Gasteiger partial charge in [-0.15, -0.1) is 0 Å². The summed E-state index contributed by atoms with van der Waals surface area (Å²) in [5, 5.41) is 0.466. The maximum atomic E-state index is 4.63. The second kappa shape index (κ2) is 4.36. The van der Waals surface area contributed by atoms with Gasteiger partial charge in [-0.05, 0) is 24.7 Å². The molecule has 0 aromatic carbocycles. The molecule has 0 nitrogen and oxygen atoms in total. The monoisotopic (exact) mass is 194 g/mol. The highest BCUT2D eigenvalue weighted by Crippen LogP contribution is 2.35. The minimum Gasteiger partial charge on any atom is -0.171 e. The Balaban J connectivity index is 1.98. The summed E-state index contributed by atoms with van der Waals surface area (Å²) in [4.78, 5) is 0. The fraction of sp³-hybridized carbons (Fsp3) is 0.667. The van der Waals surface area contributed by atoms with Crippen molar-refractivity contribution in [1.82, 2.24) is 0 Å². The molecular formula is C12H18S. The van der Waals surface area contributed by atoms with Gasteiger partial charge in [0.25, 0.3) is 0 Å². The van der Waals surface area contributed by atoms with E-state index in [1.807, 2.05) is 0 Å². The normalized spacial score (nSPS) is 35.2. The molecule has 0 aromatic heterocycles. The molecular weight excluding hydrogens is 176 g/mol. The van der Waals surface area contributed by atoms with Gasteiger partial charge in [-0.1, -0.05) is 43.6 Å². The molecule has 1 heteroatoms. The van der Waals surface area contributed by atoms with E-state index in [4.69, 9.17) is 0 Å². The quantitative estimate of drug-likeness (QED) is 0.606. The van der Waals surface area contributed by atoms with Gasteiger partial charge in [-0.25, -0.2) is 0 Å². The highest BCUT2D eigenvalue weighted by Gasteiger charge is 2.26. The number of rotatable bonds is 1. The zero-order valence-corrected chi connectivity index (χ0v) is 8.92. The smallest absolute Gasteiger partial charge is 0.0265 e. The molecule has 0 aromatic rings. The third kappa shape index (κ3) is 2.19. The van der Waals surface area contributed by atoms with E-state index in [9.17, 15) is 0 Å². The van der Waals surface area contributed by atoms with Gasteiger partial charge in [0.1, 0.15) is 0 Å². The predicted octanol–water partition coefficient (Wildman–Crippen LogP) is 3.61. The van der Waals surface area contributed by atoms with E-state index in [2.05, 4.69) is 36.9 Å². The Morgan fingerprint density at radius 2 is 1.62 bits per heavy atom. The molecule has 13 heavy (non-hydrogen) atoms. The summed E-state index contributed by atoms with van der Waals surface area (Å²) in [6.07, 6.45) is 16.0. The maximum absolute atomic E-state index is 4.63. The molecule has 0 bridgehead atoms. The van der Waals surface area contributed by atoms with Crippen molar-refractivity contribution in [3.63, 3.8) is 0 Å². The molecule has 1 fully saturated rings. The molecule has 72 valence electrons. The first kappa shape index (κ1) is 9.39. The lowest BCUT2D eigenvalue weighted by Gasteiger charge is -2.31. The van der Waals surface area contributed by atoms with Crippen molar-refractivity contribution in [2.45, 2.75) is 37.4 Å². The Bertz CT molecular complexity index is 211. The largest absolute Gasteiger partial charge is 0.171 e. The average molecular weight is 194 g/mol. The first-order chi connectivity index (χ1) is 6.38. The van der Waals surface area contributed by atoms with E-state index in [1.165, 1.54) is 32.1 Å². The second-order valence-electron chi connectivity index (χ2n) is 4.24. The Morgan fingerprint density at radius 1 is 0.923 bits per heavy atom. The molecule has 2 atom stereocenters. The molecule has 0 saturated heterocycles. The minimum atomic E-state index is 0.466. The Hall–Kier alpha value is -0.170. The number of allylic oxidation sites excluding steroid dienone is 3. The van der Waals surface area contributed by atoms with Gasteiger partial charge in [0, 0.05) is 5.25 Å². The molecule has 0 radical (unpaired) electrons. The third-order valence-corrected chi connectivity index (χ3v) is 3.86. The summed E-state index contributed by atoms with van der Waals surface area (Å²) in [5.41, 5.74) is 0.